The lowest BCUT2D eigenvalue weighted by Crippen LogP contribution is -2.27. The molecule has 3 rings (SSSR count). The Kier molecular flexibility index (Phi) is 5.72. The Bertz CT molecular complexity index is 848. The molecule has 2 N–H and O–H groups in total. The molecule has 140 valence electrons. The van der Waals surface area contributed by atoms with Gasteiger partial charge in [0.05, 0.1) is 17.9 Å². The molecule has 0 aliphatic carbocycles. The van der Waals surface area contributed by atoms with Crippen molar-refractivity contribution in [2.45, 2.75) is 42.8 Å². The average molecular weight is 384 g/mol. The number of aromatic amines is 1. The van der Waals surface area contributed by atoms with Gasteiger partial charge in [0, 0.05) is 18.4 Å². The highest BCUT2D eigenvalue weighted by molar-refractivity contribution is 8.00. The Morgan fingerprint density at radius 2 is 2.31 bits per heavy atom. The third-order valence-electron chi connectivity index (χ3n) is 3.97. The molecule has 7 nitrogen and oxygen atoms in total. The smallest absolute Gasteiger partial charge is 0.344 e. The average Bonchev–Trinajstić information content (AvgIpc) is 3.23. The molecule has 10 heteroatoms. The van der Waals surface area contributed by atoms with Crippen LogP contribution in [0.3, 0.4) is 0 Å². The fraction of sp³-hybridized carbons (Fsp3) is 0.438. The van der Waals surface area contributed by atoms with Crippen LogP contribution in [0.1, 0.15) is 19.8 Å². The zero-order valence-corrected chi connectivity index (χ0v) is 14.8. The van der Waals surface area contributed by atoms with Crippen molar-refractivity contribution in [3.63, 3.8) is 0 Å². The summed E-state index contributed by atoms with van der Waals surface area (Å²) in [6.45, 7) is 2.68. The number of carbonyl (C=O) groups excluding carboxylic acids is 1. The maximum absolute atomic E-state index is 13.2. The minimum Gasteiger partial charge on any atom is -0.376 e. The van der Waals surface area contributed by atoms with Crippen LogP contribution in [0, 0.1) is 11.6 Å². The molecular formula is C16H18F2N4O3S. The summed E-state index contributed by atoms with van der Waals surface area (Å²) in [7, 11) is 0. The first-order valence-corrected chi connectivity index (χ1v) is 9.01. The molecule has 1 aliphatic rings. The van der Waals surface area contributed by atoms with Gasteiger partial charge in [-0.25, -0.2) is 18.7 Å². The first-order valence-electron chi connectivity index (χ1n) is 8.13. The highest BCUT2D eigenvalue weighted by Gasteiger charge is 2.23. The van der Waals surface area contributed by atoms with Crippen molar-refractivity contribution in [1.29, 1.82) is 0 Å². The van der Waals surface area contributed by atoms with E-state index in [1.807, 2.05) is 0 Å². The summed E-state index contributed by atoms with van der Waals surface area (Å²) in [6.07, 6.45) is 1.77. The third kappa shape index (κ3) is 4.31. The number of rotatable bonds is 6. The number of anilines is 1. The zero-order valence-electron chi connectivity index (χ0n) is 14.0. The summed E-state index contributed by atoms with van der Waals surface area (Å²) in [5, 5.41) is 8.61. The van der Waals surface area contributed by atoms with Crippen LogP contribution >= 0.6 is 11.8 Å². The van der Waals surface area contributed by atoms with Crippen molar-refractivity contribution in [2.24, 2.45) is 0 Å². The monoisotopic (exact) mass is 384 g/mol. The highest BCUT2D eigenvalue weighted by Crippen LogP contribution is 2.23. The van der Waals surface area contributed by atoms with E-state index < -0.39 is 22.8 Å². The van der Waals surface area contributed by atoms with Crippen LogP contribution in [0.5, 0.6) is 0 Å². The van der Waals surface area contributed by atoms with Crippen molar-refractivity contribution >= 4 is 23.4 Å². The van der Waals surface area contributed by atoms with Gasteiger partial charge < -0.3 is 10.1 Å². The number of amides is 1. The quantitative estimate of drug-likeness (QED) is 0.745. The van der Waals surface area contributed by atoms with Gasteiger partial charge in [-0.05, 0) is 31.9 Å². The molecule has 1 fully saturated rings. The predicted octanol–water partition coefficient (Wildman–Crippen LogP) is 2.15. The maximum Gasteiger partial charge on any atom is 0.344 e. The summed E-state index contributed by atoms with van der Waals surface area (Å²) >= 11 is 1.09. The molecule has 0 spiro atoms. The van der Waals surface area contributed by atoms with E-state index in [9.17, 15) is 18.4 Å². The number of hydrogen-bond acceptors (Lipinski definition) is 5. The van der Waals surface area contributed by atoms with Crippen LogP contribution < -0.4 is 11.0 Å². The van der Waals surface area contributed by atoms with E-state index in [4.69, 9.17) is 4.74 Å². The van der Waals surface area contributed by atoms with Crippen molar-refractivity contribution in [3.8, 4) is 0 Å². The molecule has 0 radical (unpaired) electrons. The van der Waals surface area contributed by atoms with Gasteiger partial charge >= 0.3 is 5.69 Å². The van der Waals surface area contributed by atoms with Gasteiger partial charge in [-0.2, -0.15) is 0 Å². The molecule has 0 unspecified atom stereocenters. The molecule has 0 bridgehead atoms. The van der Waals surface area contributed by atoms with Crippen molar-refractivity contribution in [2.75, 3.05) is 11.9 Å². The Balaban J connectivity index is 1.65. The molecule has 1 aromatic heterocycles. The van der Waals surface area contributed by atoms with Crippen LogP contribution in [-0.4, -0.2) is 38.6 Å². The van der Waals surface area contributed by atoms with E-state index in [0.717, 1.165) is 36.7 Å². The van der Waals surface area contributed by atoms with E-state index in [2.05, 4.69) is 15.5 Å². The molecular weight excluding hydrogens is 366 g/mol. The van der Waals surface area contributed by atoms with Crippen molar-refractivity contribution in [1.82, 2.24) is 14.8 Å². The van der Waals surface area contributed by atoms with E-state index in [1.54, 1.807) is 6.92 Å². The second-order valence-electron chi connectivity index (χ2n) is 5.94. The fourth-order valence-corrected chi connectivity index (χ4v) is 3.44. The number of ether oxygens (including phenoxy) is 1. The van der Waals surface area contributed by atoms with E-state index in [0.29, 0.717) is 18.3 Å². The van der Waals surface area contributed by atoms with Crippen molar-refractivity contribution < 1.29 is 18.3 Å². The lowest BCUT2D eigenvalue weighted by atomic mass is 10.2. The zero-order chi connectivity index (χ0) is 18.7. The van der Waals surface area contributed by atoms with Crippen LogP contribution in [0.25, 0.3) is 0 Å². The largest absolute Gasteiger partial charge is 0.376 e. The number of hydrogen-bond donors (Lipinski definition) is 2. The van der Waals surface area contributed by atoms with Crippen LogP contribution in [0.4, 0.5) is 14.5 Å². The molecule has 0 saturated carbocycles. The van der Waals surface area contributed by atoms with Gasteiger partial charge in [0.15, 0.2) is 16.8 Å². The Morgan fingerprint density at radius 3 is 3.00 bits per heavy atom. The summed E-state index contributed by atoms with van der Waals surface area (Å²) in [5.41, 5.74) is -0.212. The first kappa shape index (κ1) is 18.6. The Labute approximate surface area is 152 Å². The van der Waals surface area contributed by atoms with Gasteiger partial charge in [-0.3, -0.25) is 9.36 Å². The van der Waals surface area contributed by atoms with Crippen LogP contribution in [0.15, 0.2) is 28.2 Å². The summed E-state index contributed by atoms with van der Waals surface area (Å²) in [4.78, 5) is 24.2. The van der Waals surface area contributed by atoms with Gasteiger partial charge in [0.2, 0.25) is 5.91 Å². The fourth-order valence-electron chi connectivity index (χ4n) is 2.58. The lowest BCUT2D eigenvalue weighted by Gasteiger charge is -2.14. The van der Waals surface area contributed by atoms with E-state index in [1.165, 1.54) is 10.6 Å². The molecule has 1 aromatic carbocycles. The number of halogens is 2. The first-order chi connectivity index (χ1) is 12.4. The lowest BCUT2D eigenvalue weighted by molar-refractivity contribution is -0.115. The van der Waals surface area contributed by atoms with E-state index >= 15 is 0 Å². The Morgan fingerprint density at radius 1 is 1.50 bits per heavy atom. The number of nitrogens with one attached hydrogen (secondary N) is 2. The predicted molar refractivity (Wildman–Crippen MR) is 92.1 cm³/mol. The summed E-state index contributed by atoms with van der Waals surface area (Å²) in [6, 6.07) is 3.12. The standard InChI is InChI=1S/C16H18F2N4O3S/c1-9(14(23)19-10-4-5-12(17)13(18)7-10)26-16-21-20-15(24)22(16)8-11-3-2-6-25-11/h4-5,7,9,11H,2-3,6,8H2,1H3,(H,19,23)(H,20,24)/t9-,11+/m1/s1. The van der Waals surface area contributed by atoms with Crippen LogP contribution in [-0.2, 0) is 16.1 Å². The second-order valence-corrected chi connectivity index (χ2v) is 7.24. The minimum atomic E-state index is -1.04. The number of thioether (sulfide) groups is 1. The van der Waals surface area contributed by atoms with Crippen LogP contribution in [0.2, 0.25) is 0 Å². The minimum absolute atomic E-state index is 0.0454. The molecule has 2 heterocycles. The normalized spacial score (nSPS) is 18.0. The number of aromatic nitrogens is 3. The summed E-state index contributed by atoms with van der Waals surface area (Å²) < 4.78 is 33.2. The van der Waals surface area contributed by atoms with Gasteiger partial charge in [0.1, 0.15) is 0 Å². The van der Waals surface area contributed by atoms with Crippen molar-refractivity contribution in [3.05, 3.63) is 40.3 Å². The maximum atomic E-state index is 13.2. The second kappa shape index (κ2) is 8.00. The van der Waals surface area contributed by atoms with E-state index in [-0.39, 0.29) is 17.5 Å². The topological polar surface area (TPSA) is 89.0 Å². The Hall–Kier alpha value is -2.20. The number of H-pyrrole nitrogens is 1. The molecule has 1 amide bonds. The molecule has 2 aromatic rings. The number of benzene rings is 1. The molecule has 1 aliphatic heterocycles. The molecule has 26 heavy (non-hydrogen) atoms. The van der Waals surface area contributed by atoms with Gasteiger partial charge in [-0.1, -0.05) is 11.8 Å². The number of carbonyl (C=O) groups is 1. The van der Waals surface area contributed by atoms with Gasteiger partial charge in [-0.15, -0.1) is 5.10 Å². The molecule has 2 atom stereocenters. The number of nitrogens with zero attached hydrogens (tertiary/aromatic N) is 2. The summed E-state index contributed by atoms with van der Waals surface area (Å²) in [5.74, 6) is -2.44. The van der Waals surface area contributed by atoms with Gasteiger partial charge in [0.25, 0.3) is 0 Å². The molecule has 1 saturated heterocycles. The SMILES string of the molecule is C[C@@H](Sc1n[nH]c(=O)n1C[C@@H]1CCCO1)C(=O)Nc1ccc(F)c(F)c1. The highest BCUT2D eigenvalue weighted by atomic mass is 32.2. The third-order valence-corrected chi connectivity index (χ3v) is 5.06.